The minimum atomic E-state index is -0.462. The van der Waals surface area contributed by atoms with Crippen molar-refractivity contribution in [2.24, 2.45) is 23.2 Å². The number of nitrogens with zero attached hydrogens (tertiary/aromatic N) is 2. The summed E-state index contributed by atoms with van der Waals surface area (Å²) >= 11 is 1.22. The van der Waals surface area contributed by atoms with Gasteiger partial charge in [-0.3, -0.25) is 25.0 Å². The summed E-state index contributed by atoms with van der Waals surface area (Å²) in [5.74, 6) is 1.25. The number of benzene rings is 1. The van der Waals surface area contributed by atoms with E-state index in [9.17, 15) is 19.7 Å². The van der Waals surface area contributed by atoms with Gasteiger partial charge in [0, 0.05) is 23.1 Å². The molecule has 0 saturated heterocycles. The highest BCUT2D eigenvalue weighted by atomic mass is 32.1. The van der Waals surface area contributed by atoms with Gasteiger partial charge in [-0.05, 0) is 56.3 Å². The van der Waals surface area contributed by atoms with Crippen molar-refractivity contribution in [3.63, 3.8) is 0 Å². The standard InChI is InChI=1S/C22H23N3O5S/c26-19(11-30-20(27)22-8-13-4-14(9-22)6-15(5-13)10-22)24-21-23-18(12-31-21)16-2-1-3-17(7-16)25(28)29/h1-3,7,12-15H,4-6,8-11H2,(H,23,24,26). The van der Waals surface area contributed by atoms with Gasteiger partial charge in [-0.2, -0.15) is 0 Å². The average Bonchev–Trinajstić information content (AvgIpc) is 3.19. The quantitative estimate of drug-likeness (QED) is 0.404. The molecule has 0 radical (unpaired) electrons. The summed E-state index contributed by atoms with van der Waals surface area (Å²) in [5, 5.41) is 15.7. The van der Waals surface area contributed by atoms with E-state index in [0.29, 0.717) is 34.1 Å². The fourth-order valence-electron chi connectivity index (χ4n) is 6.04. The van der Waals surface area contributed by atoms with Crippen molar-refractivity contribution in [3.05, 3.63) is 39.8 Å². The van der Waals surface area contributed by atoms with Gasteiger partial charge in [0.25, 0.3) is 11.6 Å². The normalized spacial score (nSPS) is 28.3. The zero-order chi connectivity index (χ0) is 21.6. The van der Waals surface area contributed by atoms with Crippen LogP contribution in [0.1, 0.15) is 38.5 Å². The number of nitro benzene ring substituents is 1. The predicted molar refractivity (Wildman–Crippen MR) is 114 cm³/mol. The molecule has 2 aromatic rings. The Kier molecular flexibility index (Phi) is 5.00. The van der Waals surface area contributed by atoms with Gasteiger partial charge in [-0.1, -0.05) is 12.1 Å². The monoisotopic (exact) mass is 441 g/mol. The molecule has 0 spiro atoms. The molecule has 162 valence electrons. The molecule has 4 fully saturated rings. The number of esters is 1. The first-order valence-corrected chi connectivity index (χ1v) is 11.5. The number of carbonyl (C=O) groups is 2. The summed E-state index contributed by atoms with van der Waals surface area (Å²) < 4.78 is 5.45. The molecular weight excluding hydrogens is 418 g/mol. The molecule has 4 saturated carbocycles. The summed E-state index contributed by atoms with van der Waals surface area (Å²) in [6.07, 6.45) is 6.42. The van der Waals surface area contributed by atoms with E-state index in [2.05, 4.69) is 10.3 Å². The number of rotatable bonds is 6. The van der Waals surface area contributed by atoms with Crippen molar-refractivity contribution >= 4 is 34.0 Å². The van der Waals surface area contributed by atoms with Crippen molar-refractivity contribution in [2.45, 2.75) is 38.5 Å². The fraction of sp³-hybridized carbons (Fsp3) is 0.500. The molecule has 1 aromatic carbocycles. The minimum Gasteiger partial charge on any atom is -0.455 e. The third-order valence-electron chi connectivity index (χ3n) is 6.91. The zero-order valence-corrected chi connectivity index (χ0v) is 17.7. The Balaban J connectivity index is 1.18. The smallest absolute Gasteiger partial charge is 0.312 e. The van der Waals surface area contributed by atoms with Crippen molar-refractivity contribution in [1.82, 2.24) is 4.98 Å². The van der Waals surface area contributed by atoms with Crippen molar-refractivity contribution in [2.75, 3.05) is 11.9 Å². The van der Waals surface area contributed by atoms with E-state index in [1.165, 1.54) is 42.7 Å². The lowest BCUT2D eigenvalue weighted by Gasteiger charge is -2.55. The highest BCUT2D eigenvalue weighted by Gasteiger charge is 2.55. The summed E-state index contributed by atoms with van der Waals surface area (Å²) in [4.78, 5) is 40.0. The highest BCUT2D eigenvalue weighted by Crippen LogP contribution is 2.60. The van der Waals surface area contributed by atoms with E-state index in [1.54, 1.807) is 17.5 Å². The molecule has 8 nitrogen and oxygen atoms in total. The lowest BCUT2D eigenvalue weighted by atomic mass is 9.49. The summed E-state index contributed by atoms with van der Waals surface area (Å²) in [6.45, 7) is -0.327. The molecule has 6 rings (SSSR count). The number of nitrogens with one attached hydrogen (secondary N) is 1. The lowest BCUT2D eigenvalue weighted by molar-refractivity contribution is -0.384. The van der Waals surface area contributed by atoms with Gasteiger partial charge < -0.3 is 4.74 Å². The van der Waals surface area contributed by atoms with Crippen LogP contribution in [-0.2, 0) is 14.3 Å². The molecule has 4 aliphatic carbocycles. The van der Waals surface area contributed by atoms with Crippen LogP contribution in [0.4, 0.5) is 10.8 Å². The van der Waals surface area contributed by atoms with Gasteiger partial charge in [0.2, 0.25) is 0 Å². The average molecular weight is 442 g/mol. The second kappa shape index (κ2) is 7.71. The largest absolute Gasteiger partial charge is 0.455 e. The summed E-state index contributed by atoms with van der Waals surface area (Å²) in [7, 11) is 0. The maximum absolute atomic E-state index is 12.9. The molecule has 1 N–H and O–H groups in total. The van der Waals surface area contributed by atoms with Crippen molar-refractivity contribution in [1.29, 1.82) is 0 Å². The number of hydrogen-bond donors (Lipinski definition) is 1. The summed E-state index contributed by atoms with van der Waals surface area (Å²) in [5.41, 5.74) is 0.729. The maximum atomic E-state index is 12.9. The van der Waals surface area contributed by atoms with Crippen LogP contribution in [0.5, 0.6) is 0 Å². The van der Waals surface area contributed by atoms with Crippen LogP contribution in [-0.4, -0.2) is 28.4 Å². The van der Waals surface area contributed by atoms with Crippen LogP contribution in [0.2, 0.25) is 0 Å². The first-order chi connectivity index (χ1) is 14.9. The van der Waals surface area contributed by atoms with Gasteiger partial charge in [0.15, 0.2) is 11.7 Å². The van der Waals surface area contributed by atoms with E-state index in [4.69, 9.17) is 4.74 Å². The van der Waals surface area contributed by atoms with E-state index in [0.717, 1.165) is 19.3 Å². The lowest BCUT2D eigenvalue weighted by Crippen LogP contribution is -2.50. The molecule has 1 amide bonds. The van der Waals surface area contributed by atoms with Gasteiger partial charge in [-0.25, -0.2) is 4.98 Å². The third kappa shape index (κ3) is 3.94. The minimum absolute atomic E-state index is 0.0207. The first kappa shape index (κ1) is 20.1. The van der Waals surface area contributed by atoms with Crippen LogP contribution in [0.3, 0.4) is 0 Å². The zero-order valence-electron chi connectivity index (χ0n) is 16.9. The Morgan fingerprint density at radius 2 is 1.87 bits per heavy atom. The topological polar surface area (TPSA) is 111 Å². The van der Waals surface area contributed by atoms with E-state index >= 15 is 0 Å². The van der Waals surface area contributed by atoms with E-state index in [1.807, 2.05) is 0 Å². The number of anilines is 1. The number of non-ortho nitro benzene ring substituents is 1. The highest BCUT2D eigenvalue weighted by molar-refractivity contribution is 7.14. The molecule has 1 aromatic heterocycles. The molecule has 9 heteroatoms. The van der Waals surface area contributed by atoms with Gasteiger partial charge in [0.1, 0.15) is 0 Å². The molecule has 1 heterocycles. The first-order valence-electron chi connectivity index (χ1n) is 10.6. The SMILES string of the molecule is O=C(COC(=O)C12CC3CC(CC(C3)C1)C2)Nc1nc(-c2cccc([N+](=O)[O-])c2)cs1. The van der Waals surface area contributed by atoms with E-state index in [-0.39, 0.29) is 23.7 Å². The van der Waals surface area contributed by atoms with Gasteiger partial charge >= 0.3 is 5.97 Å². The molecule has 0 atom stereocenters. The Morgan fingerprint density at radius 3 is 2.52 bits per heavy atom. The number of amides is 1. The number of ether oxygens (including phenoxy) is 1. The number of hydrogen-bond acceptors (Lipinski definition) is 7. The van der Waals surface area contributed by atoms with Gasteiger partial charge in [-0.15, -0.1) is 11.3 Å². The second-order valence-corrected chi connectivity index (χ2v) is 10.0. The number of nitro groups is 1. The number of carbonyl (C=O) groups excluding carboxylic acids is 2. The van der Waals surface area contributed by atoms with Gasteiger partial charge in [0.05, 0.1) is 16.0 Å². The Hall–Kier alpha value is -2.81. The Labute approximate surface area is 183 Å². The molecule has 4 aliphatic rings. The predicted octanol–water partition coefficient (Wildman–Crippen LogP) is 4.42. The third-order valence-corrected chi connectivity index (χ3v) is 7.67. The van der Waals surface area contributed by atoms with Crippen molar-refractivity contribution in [3.8, 4) is 11.3 Å². The van der Waals surface area contributed by atoms with Crippen LogP contribution in [0.25, 0.3) is 11.3 Å². The maximum Gasteiger partial charge on any atom is 0.312 e. The van der Waals surface area contributed by atoms with Crippen LogP contribution >= 0.6 is 11.3 Å². The number of aromatic nitrogens is 1. The Bertz CT molecular complexity index is 1010. The van der Waals surface area contributed by atoms with E-state index < -0.39 is 10.8 Å². The molecule has 0 aliphatic heterocycles. The second-order valence-electron chi connectivity index (χ2n) is 9.17. The summed E-state index contributed by atoms with van der Waals surface area (Å²) in [6, 6.07) is 6.17. The number of thiazole rings is 1. The van der Waals surface area contributed by atoms with Crippen LogP contribution < -0.4 is 5.32 Å². The molecular formula is C22H23N3O5S. The molecule has 4 bridgehead atoms. The molecule has 31 heavy (non-hydrogen) atoms. The van der Waals surface area contributed by atoms with Crippen LogP contribution in [0.15, 0.2) is 29.6 Å². The van der Waals surface area contributed by atoms with Crippen molar-refractivity contribution < 1.29 is 19.2 Å². The Morgan fingerprint density at radius 1 is 1.19 bits per heavy atom. The van der Waals surface area contributed by atoms with Crippen LogP contribution in [0, 0.1) is 33.3 Å². The fourth-order valence-corrected chi connectivity index (χ4v) is 6.78. The molecule has 0 unspecified atom stereocenters.